The van der Waals surface area contributed by atoms with Crippen molar-refractivity contribution in [1.29, 1.82) is 0 Å². The molecule has 0 atom stereocenters. The van der Waals surface area contributed by atoms with Gasteiger partial charge in [0.1, 0.15) is 11.4 Å². The first-order chi connectivity index (χ1) is 13.1. The Morgan fingerprint density at radius 1 is 1.21 bits per heavy atom. The molecule has 146 valence electrons. The molecule has 0 saturated heterocycles. The van der Waals surface area contributed by atoms with Crippen LogP contribution in [0.5, 0.6) is 5.75 Å². The predicted octanol–water partition coefficient (Wildman–Crippen LogP) is 3.82. The molecule has 0 fully saturated rings. The van der Waals surface area contributed by atoms with Crippen molar-refractivity contribution >= 4 is 40.1 Å². The Bertz CT molecular complexity index is 1090. The number of hydrogen-bond acceptors (Lipinski definition) is 7. The van der Waals surface area contributed by atoms with Crippen molar-refractivity contribution in [3.8, 4) is 5.75 Å². The number of nitrogens with zero attached hydrogens (tertiary/aromatic N) is 2. The third kappa shape index (κ3) is 3.74. The van der Waals surface area contributed by atoms with Crippen molar-refractivity contribution in [3.05, 3.63) is 46.0 Å². The SMILES string of the molecule is COc1ccc2c(c1)c(C(=O)c1nc(C(=O)O)cs1)cn2C(=O)OC(C)(C)C. The molecule has 0 saturated carbocycles. The van der Waals surface area contributed by atoms with E-state index in [0.29, 0.717) is 16.7 Å². The summed E-state index contributed by atoms with van der Waals surface area (Å²) >= 11 is 0.929. The van der Waals surface area contributed by atoms with Gasteiger partial charge in [0.15, 0.2) is 10.7 Å². The highest BCUT2D eigenvalue weighted by atomic mass is 32.1. The number of ether oxygens (including phenoxy) is 2. The number of aromatic nitrogens is 2. The summed E-state index contributed by atoms with van der Waals surface area (Å²) in [6, 6.07) is 4.96. The summed E-state index contributed by atoms with van der Waals surface area (Å²) in [5.41, 5.74) is -0.253. The first kappa shape index (κ1) is 19.6. The number of fused-ring (bicyclic) bond motifs is 1. The van der Waals surface area contributed by atoms with Crippen LogP contribution in [0, 0.1) is 0 Å². The van der Waals surface area contributed by atoms with E-state index in [1.807, 2.05) is 0 Å². The quantitative estimate of drug-likeness (QED) is 0.661. The van der Waals surface area contributed by atoms with E-state index in [0.717, 1.165) is 11.3 Å². The van der Waals surface area contributed by atoms with Gasteiger partial charge in [0, 0.05) is 17.0 Å². The second-order valence-corrected chi connectivity index (χ2v) is 7.81. The second-order valence-electron chi connectivity index (χ2n) is 6.95. The lowest BCUT2D eigenvalue weighted by molar-refractivity contribution is 0.0543. The molecule has 1 N–H and O–H groups in total. The molecule has 0 aliphatic carbocycles. The Morgan fingerprint density at radius 3 is 2.50 bits per heavy atom. The molecule has 3 aromatic rings. The minimum atomic E-state index is -1.21. The van der Waals surface area contributed by atoms with Gasteiger partial charge < -0.3 is 14.6 Å². The summed E-state index contributed by atoms with van der Waals surface area (Å²) in [4.78, 5) is 40.5. The van der Waals surface area contributed by atoms with E-state index in [4.69, 9.17) is 14.6 Å². The van der Waals surface area contributed by atoms with Crippen LogP contribution in [0.25, 0.3) is 10.9 Å². The first-order valence-electron chi connectivity index (χ1n) is 8.26. The molecule has 1 aromatic carbocycles. The van der Waals surface area contributed by atoms with E-state index in [1.54, 1.807) is 39.0 Å². The number of carbonyl (C=O) groups is 3. The number of carboxylic acids is 1. The molecule has 0 spiro atoms. The molecule has 0 unspecified atom stereocenters. The molecule has 0 bridgehead atoms. The average molecular weight is 402 g/mol. The monoisotopic (exact) mass is 402 g/mol. The van der Waals surface area contributed by atoms with Crippen LogP contribution >= 0.6 is 11.3 Å². The van der Waals surface area contributed by atoms with Gasteiger partial charge in [0.25, 0.3) is 0 Å². The molecule has 2 aromatic heterocycles. The van der Waals surface area contributed by atoms with E-state index in [9.17, 15) is 14.4 Å². The Hall–Kier alpha value is -3.20. The fourth-order valence-electron chi connectivity index (χ4n) is 2.57. The molecule has 0 aliphatic heterocycles. The molecule has 0 radical (unpaired) electrons. The summed E-state index contributed by atoms with van der Waals surface area (Å²) in [5.74, 6) is -1.19. The lowest BCUT2D eigenvalue weighted by atomic mass is 10.1. The van der Waals surface area contributed by atoms with Crippen molar-refractivity contribution < 1.29 is 29.0 Å². The Balaban J connectivity index is 2.13. The van der Waals surface area contributed by atoms with Crippen molar-refractivity contribution in [3.63, 3.8) is 0 Å². The van der Waals surface area contributed by atoms with Gasteiger partial charge in [-0.25, -0.2) is 14.6 Å². The van der Waals surface area contributed by atoms with Gasteiger partial charge in [0.05, 0.1) is 18.2 Å². The number of rotatable bonds is 4. The van der Waals surface area contributed by atoms with Crippen LogP contribution in [0.3, 0.4) is 0 Å². The lowest BCUT2D eigenvalue weighted by Crippen LogP contribution is -2.26. The van der Waals surface area contributed by atoms with Gasteiger partial charge in [-0.15, -0.1) is 11.3 Å². The predicted molar refractivity (Wildman–Crippen MR) is 103 cm³/mol. The molecule has 2 heterocycles. The van der Waals surface area contributed by atoms with E-state index >= 15 is 0 Å². The average Bonchev–Trinajstić information content (AvgIpc) is 3.24. The Morgan fingerprint density at radius 2 is 1.93 bits per heavy atom. The topological polar surface area (TPSA) is 108 Å². The number of hydrogen-bond donors (Lipinski definition) is 1. The highest BCUT2D eigenvalue weighted by Gasteiger charge is 2.25. The summed E-state index contributed by atoms with van der Waals surface area (Å²) in [7, 11) is 1.49. The van der Waals surface area contributed by atoms with E-state index < -0.39 is 23.4 Å². The van der Waals surface area contributed by atoms with Crippen LogP contribution in [0.1, 0.15) is 46.6 Å². The van der Waals surface area contributed by atoms with Gasteiger partial charge >= 0.3 is 12.1 Å². The fraction of sp³-hybridized carbons (Fsp3) is 0.263. The maximum absolute atomic E-state index is 13.0. The molecule has 0 aliphatic rings. The summed E-state index contributed by atoms with van der Waals surface area (Å²) in [6.45, 7) is 5.23. The zero-order valence-electron chi connectivity index (χ0n) is 15.7. The zero-order chi connectivity index (χ0) is 20.6. The third-order valence-corrected chi connectivity index (χ3v) is 4.61. The van der Waals surface area contributed by atoms with Crippen molar-refractivity contribution in [2.24, 2.45) is 0 Å². The van der Waals surface area contributed by atoms with Gasteiger partial charge in [-0.3, -0.25) is 9.36 Å². The van der Waals surface area contributed by atoms with Crippen LogP contribution in [0.15, 0.2) is 29.8 Å². The van der Waals surface area contributed by atoms with Crippen LogP contribution in [-0.4, -0.2) is 45.2 Å². The number of aromatic carboxylic acids is 1. The molecule has 0 amide bonds. The largest absolute Gasteiger partial charge is 0.497 e. The minimum Gasteiger partial charge on any atom is -0.497 e. The normalized spacial score (nSPS) is 11.4. The van der Waals surface area contributed by atoms with Crippen LogP contribution in [-0.2, 0) is 4.74 Å². The van der Waals surface area contributed by atoms with Gasteiger partial charge in [0.2, 0.25) is 5.78 Å². The standard InChI is InChI=1S/C19H18N2O6S/c1-19(2,3)27-18(25)21-8-12(11-7-10(26-4)5-6-14(11)21)15(22)16-20-13(9-28-16)17(23)24/h5-9H,1-4H3,(H,23,24). The maximum Gasteiger partial charge on any atom is 0.419 e. The second kappa shape index (κ2) is 7.08. The zero-order valence-corrected chi connectivity index (χ0v) is 16.5. The smallest absolute Gasteiger partial charge is 0.419 e. The van der Waals surface area contributed by atoms with E-state index in [2.05, 4.69) is 4.98 Å². The number of carboxylic acid groups (broad SMARTS) is 1. The molecule has 28 heavy (non-hydrogen) atoms. The highest BCUT2D eigenvalue weighted by Crippen LogP contribution is 2.29. The maximum atomic E-state index is 13.0. The Kier molecular flexibility index (Phi) is 4.95. The first-order valence-corrected chi connectivity index (χ1v) is 9.14. The van der Waals surface area contributed by atoms with Crippen LogP contribution < -0.4 is 4.74 Å². The Labute approximate surface area is 164 Å². The van der Waals surface area contributed by atoms with E-state index in [1.165, 1.54) is 23.3 Å². The van der Waals surface area contributed by atoms with Crippen molar-refractivity contribution in [2.75, 3.05) is 7.11 Å². The van der Waals surface area contributed by atoms with Gasteiger partial charge in [-0.05, 0) is 39.0 Å². The highest BCUT2D eigenvalue weighted by molar-refractivity contribution is 7.12. The van der Waals surface area contributed by atoms with Gasteiger partial charge in [-0.1, -0.05) is 0 Å². The van der Waals surface area contributed by atoms with Gasteiger partial charge in [-0.2, -0.15) is 0 Å². The van der Waals surface area contributed by atoms with Crippen LogP contribution in [0.2, 0.25) is 0 Å². The molecule has 3 rings (SSSR count). The summed E-state index contributed by atoms with van der Waals surface area (Å²) in [5, 5.41) is 10.8. The fourth-order valence-corrected chi connectivity index (χ4v) is 3.32. The molecular formula is C19H18N2O6S. The summed E-state index contributed by atoms with van der Waals surface area (Å²) < 4.78 is 11.9. The number of benzene rings is 1. The number of ketones is 1. The number of thiazole rings is 1. The van der Waals surface area contributed by atoms with Crippen LogP contribution in [0.4, 0.5) is 4.79 Å². The molecule has 9 heteroatoms. The number of carbonyl (C=O) groups excluding carboxylic acids is 2. The minimum absolute atomic E-state index is 0.0171. The van der Waals surface area contributed by atoms with E-state index in [-0.39, 0.29) is 16.3 Å². The number of methoxy groups -OCH3 is 1. The molecular weight excluding hydrogens is 384 g/mol. The molecule has 8 nitrogen and oxygen atoms in total. The summed E-state index contributed by atoms with van der Waals surface area (Å²) in [6.07, 6.45) is 0.745. The third-order valence-electron chi connectivity index (χ3n) is 3.76. The lowest BCUT2D eigenvalue weighted by Gasteiger charge is -2.19. The van der Waals surface area contributed by atoms with Crippen molar-refractivity contribution in [1.82, 2.24) is 9.55 Å². The van der Waals surface area contributed by atoms with Crippen molar-refractivity contribution in [2.45, 2.75) is 26.4 Å².